The molecule has 0 saturated heterocycles. The second-order valence-electron chi connectivity index (χ2n) is 6.16. The summed E-state index contributed by atoms with van der Waals surface area (Å²) in [5.41, 5.74) is 2.80. The summed E-state index contributed by atoms with van der Waals surface area (Å²) in [7, 11) is 1.62. The largest absolute Gasteiger partial charge is 0.497 e. The molecule has 0 atom stereocenters. The number of fused-ring (bicyclic) bond motifs is 1. The number of methoxy groups -OCH3 is 1. The van der Waals surface area contributed by atoms with Crippen molar-refractivity contribution in [2.45, 2.75) is 20.4 Å². The van der Waals surface area contributed by atoms with Crippen LogP contribution in [0.5, 0.6) is 5.75 Å². The molecular weight excluding hydrogens is 364 g/mol. The summed E-state index contributed by atoms with van der Waals surface area (Å²) in [6.07, 6.45) is 0. The maximum Gasteiger partial charge on any atom is 0.293 e. The fourth-order valence-corrected chi connectivity index (χ4v) is 3.70. The van der Waals surface area contributed by atoms with E-state index in [-0.39, 0.29) is 11.7 Å². The van der Waals surface area contributed by atoms with Crippen molar-refractivity contribution in [2.24, 2.45) is 0 Å². The zero-order valence-electron chi connectivity index (χ0n) is 15.1. The quantitative estimate of drug-likeness (QED) is 0.564. The Bertz CT molecular complexity index is 1130. The fourth-order valence-electron chi connectivity index (χ4n) is 2.81. The highest BCUT2D eigenvalue weighted by atomic mass is 32.1. The number of furan rings is 1. The Morgan fingerprint density at radius 1 is 1.26 bits per heavy atom. The van der Waals surface area contributed by atoms with E-state index in [0.29, 0.717) is 17.4 Å². The second kappa shape index (κ2) is 6.88. The van der Waals surface area contributed by atoms with E-state index in [4.69, 9.17) is 9.15 Å². The van der Waals surface area contributed by atoms with Crippen LogP contribution in [-0.2, 0) is 6.54 Å². The first-order valence-corrected chi connectivity index (χ1v) is 9.19. The molecule has 27 heavy (non-hydrogen) atoms. The van der Waals surface area contributed by atoms with Crippen molar-refractivity contribution in [1.82, 2.24) is 14.8 Å². The maximum atomic E-state index is 12.5. The normalized spacial score (nSPS) is 11.1. The van der Waals surface area contributed by atoms with Gasteiger partial charge in [0, 0.05) is 5.69 Å². The Balaban J connectivity index is 1.48. The molecule has 0 radical (unpaired) electrons. The van der Waals surface area contributed by atoms with E-state index in [0.717, 1.165) is 27.4 Å². The summed E-state index contributed by atoms with van der Waals surface area (Å²) in [4.78, 5) is 16.9. The molecule has 7 nitrogen and oxygen atoms in total. The lowest BCUT2D eigenvalue weighted by atomic mass is 10.3. The van der Waals surface area contributed by atoms with Crippen LogP contribution < -0.4 is 10.1 Å². The topological polar surface area (TPSA) is 82.2 Å². The summed E-state index contributed by atoms with van der Waals surface area (Å²) in [6.45, 7) is 4.41. The van der Waals surface area contributed by atoms with E-state index < -0.39 is 0 Å². The molecule has 4 rings (SSSR count). The molecule has 0 unspecified atom stereocenters. The van der Waals surface area contributed by atoms with Gasteiger partial charge >= 0.3 is 0 Å². The van der Waals surface area contributed by atoms with Gasteiger partial charge in [0.05, 0.1) is 29.6 Å². The number of aromatic nitrogens is 3. The van der Waals surface area contributed by atoms with Gasteiger partial charge in [0.1, 0.15) is 11.5 Å². The number of amides is 1. The molecule has 0 aliphatic carbocycles. The lowest BCUT2D eigenvalue weighted by Gasteiger charge is -2.01. The third-order valence-electron chi connectivity index (χ3n) is 4.11. The van der Waals surface area contributed by atoms with Crippen molar-refractivity contribution in [3.8, 4) is 5.75 Å². The Labute approximate surface area is 159 Å². The third-order valence-corrected chi connectivity index (χ3v) is 5.04. The molecule has 3 heterocycles. The lowest BCUT2D eigenvalue weighted by molar-refractivity contribution is 0.0994. The summed E-state index contributed by atoms with van der Waals surface area (Å²) in [5.74, 6) is 1.33. The number of nitrogens with one attached hydrogen (secondary N) is 1. The van der Waals surface area contributed by atoms with Crippen LogP contribution in [0.1, 0.15) is 27.7 Å². The Hall–Kier alpha value is -3.13. The SMILES string of the molecule is COc1ccc2nc(NC(=O)c3ccc(Cn4nc(C)cc4C)o3)sc2c1. The molecular formula is C19H18N4O3S. The number of anilines is 1. The highest BCUT2D eigenvalue weighted by Crippen LogP contribution is 2.29. The third kappa shape index (κ3) is 3.56. The molecule has 1 N–H and O–H groups in total. The van der Waals surface area contributed by atoms with Crippen LogP contribution in [0.4, 0.5) is 5.13 Å². The number of thiazole rings is 1. The van der Waals surface area contributed by atoms with Gasteiger partial charge in [0.25, 0.3) is 5.91 Å². The van der Waals surface area contributed by atoms with Gasteiger partial charge in [-0.15, -0.1) is 0 Å². The molecule has 0 bridgehead atoms. The molecule has 0 spiro atoms. The first-order valence-electron chi connectivity index (χ1n) is 8.37. The van der Waals surface area contributed by atoms with Crippen molar-refractivity contribution in [2.75, 3.05) is 12.4 Å². The molecule has 138 valence electrons. The summed E-state index contributed by atoms with van der Waals surface area (Å²) in [5, 5.41) is 7.71. The molecule has 1 aromatic carbocycles. The van der Waals surface area contributed by atoms with Crippen LogP contribution >= 0.6 is 11.3 Å². The van der Waals surface area contributed by atoms with Gasteiger partial charge in [0.15, 0.2) is 10.9 Å². The van der Waals surface area contributed by atoms with E-state index in [9.17, 15) is 4.79 Å². The van der Waals surface area contributed by atoms with Crippen LogP contribution in [0.2, 0.25) is 0 Å². The van der Waals surface area contributed by atoms with Gasteiger partial charge < -0.3 is 9.15 Å². The summed E-state index contributed by atoms with van der Waals surface area (Å²) < 4.78 is 13.7. The minimum atomic E-state index is -0.333. The maximum absolute atomic E-state index is 12.5. The van der Waals surface area contributed by atoms with E-state index >= 15 is 0 Å². The number of carbonyl (C=O) groups is 1. The van der Waals surface area contributed by atoms with Crippen LogP contribution in [0, 0.1) is 13.8 Å². The first-order chi connectivity index (χ1) is 13.0. The summed E-state index contributed by atoms with van der Waals surface area (Å²) in [6, 6.07) is 11.0. The molecule has 1 amide bonds. The molecule has 0 aliphatic rings. The van der Waals surface area contributed by atoms with Gasteiger partial charge in [-0.3, -0.25) is 14.8 Å². The van der Waals surface area contributed by atoms with Crippen LogP contribution in [0.25, 0.3) is 10.2 Å². The molecule has 0 saturated carbocycles. The van der Waals surface area contributed by atoms with Crippen molar-refractivity contribution in [1.29, 1.82) is 0 Å². The second-order valence-corrected chi connectivity index (χ2v) is 7.19. The number of carbonyl (C=O) groups excluding carboxylic acids is 1. The monoisotopic (exact) mass is 382 g/mol. The minimum absolute atomic E-state index is 0.239. The number of ether oxygens (including phenoxy) is 1. The lowest BCUT2D eigenvalue weighted by Crippen LogP contribution is -2.10. The number of rotatable bonds is 5. The standard InChI is InChI=1S/C19H18N4O3S/c1-11-8-12(2)23(22-11)10-14-5-7-16(26-14)18(24)21-19-20-15-6-4-13(25-3)9-17(15)27-19/h4-9H,10H2,1-3H3,(H,20,21,24). The zero-order chi connectivity index (χ0) is 19.0. The fraction of sp³-hybridized carbons (Fsp3) is 0.211. The summed E-state index contributed by atoms with van der Waals surface area (Å²) >= 11 is 1.39. The highest BCUT2D eigenvalue weighted by molar-refractivity contribution is 7.22. The van der Waals surface area contributed by atoms with Gasteiger partial charge in [-0.05, 0) is 50.2 Å². The minimum Gasteiger partial charge on any atom is -0.497 e. The van der Waals surface area contributed by atoms with Crippen LogP contribution in [0.15, 0.2) is 40.8 Å². The van der Waals surface area contributed by atoms with Gasteiger partial charge in [-0.1, -0.05) is 11.3 Å². The first kappa shape index (κ1) is 17.3. The average Bonchev–Trinajstić information content (AvgIpc) is 3.33. The van der Waals surface area contributed by atoms with E-state index in [1.165, 1.54) is 11.3 Å². The Morgan fingerprint density at radius 3 is 2.85 bits per heavy atom. The number of hydrogen-bond donors (Lipinski definition) is 1. The Kier molecular flexibility index (Phi) is 4.41. The van der Waals surface area contributed by atoms with Crippen molar-refractivity contribution in [3.05, 3.63) is 59.3 Å². The predicted molar refractivity (Wildman–Crippen MR) is 104 cm³/mol. The average molecular weight is 382 g/mol. The van der Waals surface area contributed by atoms with E-state index in [1.54, 1.807) is 19.2 Å². The van der Waals surface area contributed by atoms with Crippen molar-refractivity contribution >= 4 is 32.6 Å². The number of benzene rings is 1. The van der Waals surface area contributed by atoms with Crippen molar-refractivity contribution < 1.29 is 13.9 Å². The molecule has 4 aromatic rings. The van der Waals surface area contributed by atoms with E-state index in [1.807, 2.05) is 42.8 Å². The molecule has 8 heteroatoms. The number of nitrogens with zero attached hydrogens (tertiary/aromatic N) is 3. The Morgan fingerprint density at radius 2 is 2.11 bits per heavy atom. The van der Waals surface area contributed by atoms with Crippen LogP contribution in [0.3, 0.4) is 0 Å². The predicted octanol–water partition coefficient (Wildman–Crippen LogP) is 4.01. The molecule has 0 fully saturated rings. The van der Waals surface area contributed by atoms with Gasteiger partial charge in [-0.25, -0.2) is 4.98 Å². The molecule has 3 aromatic heterocycles. The van der Waals surface area contributed by atoms with Crippen LogP contribution in [-0.4, -0.2) is 27.8 Å². The smallest absolute Gasteiger partial charge is 0.293 e. The van der Waals surface area contributed by atoms with E-state index in [2.05, 4.69) is 15.4 Å². The highest BCUT2D eigenvalue weighted by Gasteiger charge is 2.15. The zero-order valence-corrected chi connectivity index (χ0v) is 16.0. The van der Waals surface area contributed by atoms with Gasteiger partial charge in [-0.2, -0.15) is 5.10 Å². The van der Waals surface area contributed by atoms with Crippen molar-refractivity contribution in [3.63, 3.8) is 0 Å². The van der Waals surface area contributed by atoms with Gasteiger partial charge in [0.2, 0.25) is 0 Å². The number of hydrogen-bond acceptors (Lipinski definition) is 6. The molecule has 0 aliphatic heterocycles. The number of aryl methyl sites for hydroxylation is 2.